The summed E-state index contributed by atoms with van der Waals surface area (Å²) in [5.74, 6) is -0.572. The number of esters is 4. The number of carbonyl (C=O) groups excluding carboxylic acids is 4. The Hall–Kier alpha value is -1.94. The van der Waals surface area contributed by atoms with Crippen LogP contribution in [0.2, 0.25) is 0 Å². The molecule has 0 fully saturated rings. The highest BCUT2D eigenvalue weighted by Gasteiger charge is 2.30. The molecule has 0 saturated heterocycles. The van der Waals surface area contributed by atoms with E-state index in [2.05, 4.69) is 41.5 Å². The van der Waals surface area contributed by atoms with E-state index >= 15 is 0 Å². The molecule has 0 spiro atoms. The molecule has 0 amide bonds. The molecule has 0 aliphatic carbocycles. The SMILES string of the molecule is CCCCCCCCCCCCCCCCCCCCC(=O)O[C@H](COC(=O)CCCCCCCCCCCCC(C)CC)COP(=O)(O)OC[C@@H](O)COP(=O)(O)OC[C@@H](COC(=O)CCCCCCC)OC(=O)CCCCCCCCCCCCC(C)C. The van der Waals surface area contributed by atoms with Crippen LogP contribution in [0.5, 0.6) is 0 Å². The lowest BCUT2D eigenvalue weighted by Gasteiger charge is -2.21. The average molecular weight is 1330 g/mol. The van der Waals surface area contributed by atoms with Crippen molar-refractivity contribution in [1.82, 2.24) is 0 Å². The molecule has 0 saturated carbocycles. The van der Waals surface area contributed by atoms with Gasteiger partial charge >= 0.3 is 39.5 Å². The summed E-state index contributed by atoms with van der Waals surface area (Å²) in [5, 5.41) is 10.6. The van der Waals surface area contributed by atoms with Gasteiger partial charge in [-0.1, -0.05) is 311 Å². The van der Waals surface area contributed by atoms with Crippen molar-refractivity contribution in [2.45, 2.75) is 381 Å². The predicted octanol–water partition coefficient (Wildman–Crippen LogP) is 20.4. The van der Waals surface area contributed by atoms with Crippen molar-refractivity contribution in [2.75, 3.05) is 39.6 Å². The highest BCUT2D eigenvalue weighted by atomic mass is 31.2. The van der Waals surface area contributed by atoms with Gasteiger partial charge < -0.3 is 33.8 Å². The van der Waals surface area contributed by atoms with Crippen molar-refractivity contribution in [1.29, 1.82) is 0 Å². The molecule has 17 nitrogen and oxygen atoms in total. The van der Waals surface area contributed by atoms with Gasteiger partial charge in [0.05, 0.1) is 26.4 Å². The van der Waals surface area contributed by atoms with E-state index in [4.69, 9.17) is 37.0 Å². The Kier molecular flexibility index (Phi) is 61.8. The van der Waals surface area contributed by atoms with Gasteiger partial charge in [-0.05, 0) is 37.5 Å². The maximum Gasteiger partial charge on any atom is 0.472 e. The van der Waals surface area contributed by atoms with Crippen LogP contribution in [0.4, 0.5) is 0 Å². The largest absolute Gasteiger partial charge is 0.472 e. The van der Waals surface area contributed by atoms with Gasteiger partial charge in [0.15, 0.2) is 12.2 Å². The molecular weight excluding hydrogens is 1190 g/mol. The summed E-state index contributed by atoms with van der Waals surface area (Å²) in [4.78, 5) is 72.3. The molecule has 90 heavy (non-hydrogen) atoms. The summed E-state index contributed by atoms with van der Waals surface area (Å²) < 4.78 is 68.1. The Morgan fingerprint density at radius 3 is 0.844 bits per heavy atom. The van der Waals surface area contributed by atoms with Crippen LogP contribution >= 0.6 is 15.6 Å². The summed E-state index contributed by atoms with van der Waals surface area (Å²) in [5.41, 5.74) is 0. The average Bonchev–Trinajstić information content (AvgIpc) is 3.45. The molecule has 6 atom stereocenters. The number of unbranched alkanes of at least 4 members (excludes halogenated alkanes) is 39. The van der Waals surface area contributed by atoms with E-state index in [0.717, 1.165) is 108 Å². The molecule has 3 N–H and O–H groups in total. The van der Waals surface area contributed by atoms with Crippen LogP contribution in [0.3, 0.4) is 0 Å². The molecule has 0 heterocycles. The van der Waals surface area contributed by atoms with E-state index in [0.29, 0.717) is 25.7 Å². The van der Waals surface area contributed by atoms with E-state index in [9.17, 15) is 43.2 Å². The molecule has 0 bridgehead atoms. The molecule has 0 aliphatic rings. The highest BCUT2D eigenvalue weighted by molar-refractivity contribution is 7.47. The lowest BCUT2D eigenvalue weighted by atomic mass is 9.99. The fourth-order valence-corrected chi connectivity index (χ4v) is 12.3. The second kappa shape index (κ2) is 63.1. The van der Waals surface area contributed by atoms with Crippen molar-refractivity contribution >= 4 is 39.5 Å². The second-order valence-electron chi connectivity index (χ2n) is 26.3. The van der Waals surface area contributed by atoms with Gasteiger partial charge in [0.25, 0.3) is 0 Å². The Labute approximate surface area is 549 Å². The van der Waals surface area contributed by atoms with Crippen LogP contribution in [0, 0.1) is 11.8 Å². The number of rotatable bonds is 70. The summed E-state index contributed by atoms with van der Waals surface area (Å²) in [6, 6.07) is 0. The normalized spacial score (nSPS) is 14.4. The highest BCUT2D eigenvalue weighted by Crippen LogP contribution is 2.45. The van der Waals surface area contributed by atoms with Crippen molar-refractivity contribution in [3.05, 3.63) is 0 Å². The first-order valence-corrected chi connectivity index (χ1v) is 40.0. The van der Waals surface area contributed by atoms with Crippen molar-refractivity contribution < 1.29 is 80.2 Å². The maximum atomic E-state index is 13.0. The topological polar surface area (TPSA) is 237 Å². The zero-order chi connectivity index (χ0) is 66.5. The number of hydrogen-bond donors (Lipinski definition) is 3. The van der Waals surface area contributed by atoms with Crippen LogP contribution in [-0.4, -0.2) is 96.7 Å². The third-order valence-electron chi connectivity index (χ3n) is 16.8. The number of aliphatic hydroxyl groups is 1. The molecule has 0 aromatic rings. The molecule has 3 unspecified atom stereocenters. The van der Waals surface area contributed by atoms with Crippen molar-refractivity contribution in [3.8, 4) is 0 Å². The molecule has 19 heteroatoms. The number of ether oxygens (including phenoxy) is 4. The van der Waals surface area contributed by atoms with Crippen LogP contribution in [0.25, 0.3) is 0 Å². The molecule has 0 radical (unpaired) electrons. The van der Waals surface area contributed by atoms with Crippen LogP contribution in [0.15, 0.2) is 0 Å². The first-order valence-electron chi connectivity index (χ1n) is 37.0. The van der Waals surface area contributed by atoms with Crippen LogP contribution < -0.4 is 0 Å². The van der Waals surface area contributed by atoms with Crippen LogP contribution in [-0.2, 0) is 65.4 Å². The lowest BCUT2D eigenvalue weighted by molar-refractivity contribution is -0.161. The quantitative estimate of drug-likeness (QED) is 0.0222. The van der Waals surface area contributed by atoms with E-state index in [1.54, 1.807) is 0 Å². The van der Waals surface area contributed by atoms with Gasteiger partial charge in [-0.25, -0.2) is 9.13 Å². The van der Waals surface area contributed by atoms with Crippen molar-refractivity contribution in [3.63, 3.8) is 0 Å². The van der Waals surface area contributed by atoms with Gasteiger partial charge in [0, 0.05) is 25.7 Å². The number of carbonyl (C=O) groups is 4. The van der Waals surface area contributed by atoms with Gasteiger partial charge in [-0.2, -0.15) is 0 Å². The van der Waals surface area contributed by atoms with E-state index < -0.39 is 97.5 Å². The Morgan fingerprint density at radius 1 is 0.322 bits per heavy atom. The minimum absolute atomic E-state index is 0.105. The summed E-state index contributed by atoms with van der Waals surface area (Å²) in [6.45, 7) is 9.49. The molecule has 0 aliphatic heterocycles. The van der Waals surface area contributed by atoms with E-state index in [1.165, 1.54) is 173 Å². The summed E-state index contributed by atoms with van der Waals surface area (Å²) >= 11 is 0. The minimum Gasteiger partial charge on any atom is -0.462 e. The zero-order valence-corrected chi connectivity index (χ0v) is 60.2. The minimum atomic E-state index is -4.95. The Morgan fingerprint density at radius 2 is 0.567 bits per heavy atom. The first kappa shape index (κ1) is 88.1. The number of phosphoric ester groups is 2. The Bertz CT molecular complexity index is 1750. The first-order chi connectivity index (χ1) is 43.4. The predicted molar refractivity (Wildman–Crippen MR) is 363 cm³/mol. The maximum absolute atomic E-state index is 13.0. The third kappa shape index (κ3) is 63.5. The van der Waals surface area contributed by atoms with Crippen molar-refractivity contribution in [2.24, 2.45) is 11.8 Å². The van der Waals surface area contributed by atoms with E-state index in [-0.39, 0.29) is 25.7 Å². The third-order valence-corrected chi connectivity index (χ3v) is 18.7. The number of phosphoric acid groups is 2. The zero-order valence-electron chi connectivity index (χ0n) is 58.4. The molecule has 534 valence electrons. The lowest BCUT2D eigenvalue weighted by Crippen LogP contribution is -2.30. The molecule has 0 aromatic heterocycles. The van der Waals surface area contributed by atoms with Gasteiger partial charge in [0.1, 0.15) is 19.3 Å². The fourth-order valence-electron chi connectivity index (χ4n) is 10.7. The summed E-state index contributed by atoms with van der Waals surface area (Å²) in [7, 11) is -9.89. The van der Waals surface area contributed by atoms with Gasteiger partial charge in [-0.15, -0.1) is 0 Å². The molecule has 0 aromatic carbocycles. The van der Waals surface area contributed by atoms with E-state index in [1.807, 2.05) is 0 Å². The molecular formula is C71H138O17P2. The smallest absolute Gasteiger partial charge is 0.462 e. The summed E-state index contributed by atoms with van der Waals surface area (Å²) in [6.07, 6.45) is 48.9. The monoisotopic (exact) mass is 1320 g/mol. The molecule has 0 rings (SSSR count). The van der Waals surface area contributed by atoms with Gasteiger partial charge in [0.2, 0.25) is 0 Å². The second-order valence-corrected chi connectivity index (χ2v) is 29.3. The Balaban J connectivity index is 5.16. The fraction of sp³-hybridized carbons (Fsp3) is 0.944. The van der Waals surface area contributed by atoms with Crippen LogP contribution in [0.1, 0.15) is 363 Å². The standard InChI is InChI=1S/C71H138O17P2/c1-7-10-12-14-15-16-17-18-19-20-21-22-23-24-32-37-43-49-55-71(76)88-67(60-82-69(74)54-48-42-36-31-28-26-30-35-41-46-52-64(6)9-3)62-86-90(79,80)84-58-65(72)57-83-89(77,78)85-61-66(59-81-68(73)53-47-39-13-11-8-2)87-70(75)56-50-44-38-33-27-25-29-34-40-45-51-63(4)5/h63-67,72H,7-62H2,1-6H3,(H,77,78)(H,79,80)/t64?,65-,66+,67+/m0/s1. The number of hydrogen-bond acceptors (Lipinski definition) is 15. The number of aliphatic hydroxyl groups excluding tert-OH is 1. The van der Waals surface area contributed by atoms with Gasteiger partial charge in [-0.3, -0.25) is 37.3 Å².